The zero-order valence-electron chi connectivity index (χ0n) is 6.08. The van der Waals surface area contributed by atoms with Gasteiger partial charge in [0.25, 0.3) is 0 Å². The first-order valence-electron chi connectivity index (χ1n) is 3.11. The van der Waals surface area contributed by atoms with E-state index in [0.717, 1.165) is 0 Å². The third-order valence-corrected chi connectivity index (χ3v) is 0.859. The number of carboxylic acid groups (broad SMARTS) is 1. The van der Waals surface area contributed by atoms with Crippen molar-refractivity contribution < 1.29 is 9.90 Å². The molecule has 0 radical (unpaired) electrons. The lowest BCUT2D eigenvalue weighted by atomic mass is 10.6. The Morgan fingerprint density at radius 2 is 2.18 bits per heavy atom. The standard InChI is InChI=1S/C5H12N4O2/c6-5(7)9-2-1-8-3-4(10)11/h8H,1-3H2,(H,10,11)(H4,6,7,9). The van der Waals surface area contributed by atoms with Crippen molar-refractivity contribution in [3.63, 3.8) is 0 Å². The Kier molecular flexibility index (Phi) is 4.83. The molecule has 64 valence electrons. The molecule has 6 heteroatoms. The SMILES string of the molecule is NC(N)=NCCNCC(=O)O. The van der Waals surface area contributed by atoms with Crippen LogP contribution in [-0.2, 0) is 4.79 Å². The molecule has 0 aliphatic carbocycles. The first-order chi connectivity index (χ1) is 5.13. The van der Waals surface area contributed by atoms with Crippen molar-refractivity contribution in [3.05, 3.63) is 0 Å². The van der Waals surface area contributed by atoms with Gasteiger partial charge in [0.2, 0.25) is 0 Å². The Morgan fingerprint density at radius 3 is 2.64 bits per heavy atom. The van der Waals surface area contributed by atoms with Gasteiger partial charge in [0, 0.05) is 6.54 Å². The van der Waals surface area contributed by atoms with Crippen molar-refractivity contribution in [2.24, 2.45) is 16.5 Å². The lowest BCUT2D eigenvalue weighted by Gasteiger charge is -1.97. The molecule has 0 aromatic carbocycles. The van der Waals surface area contributed by atoms with E-state index in [9.17, 15) is 4.79 Å². The minimum absolute atomic E-state index is 0.0159. The summed E-state index contributed by atoms with van der Waals surface area (Å²) in [5.41, 5.74) is 10.0. The van der Waals surface area contributed by atoms with Crippen LogP contribution in [0.3, 0.4) is 0 Å². The smallest absolute Gasteiger partial charge is 0.317 e. The van der Waals surface area contributed by atoms with Crippen molar-refractivity contribution >= 4 is 11.9 Å². The summed E-state index contributed by atoms with van der Waals surface area (Å²) in [7, 11) is 0. The first-order valence-corrected chi connectivity index (χ1v) is 3.11. The highest BCUT2D eigenvalue weighted by Gasteiger charge is 1.92. The lowest BCUT2D eigenvalue weighted by Crippen LogP contribution is -2.27. The Hall–Kier alpha value is -1.30. The van der Waals surface area contributed by atoms with E-state index in [-0.39, 0.29) is 12.5 Å². The van der Waals surface area contributed by atoms with Crippen molar-refractivity contribution in [1.82, 2.24) is 5.32 Å². The number of aliphatic carboxylic acids is 1. The van der Waals surface area contributed by atoms with E-state index in [1.807, 2.05) is 0 Å². The maximum atomic E-state index is 9.95. The van der Waals surface area contributed by atoms with Crippen molar-refractivity contribution in [1.29, 1.82) is 0 Å². The number of guanidine groups is 1. The summed E-state index contributed by atoms with van der Waals surface area (Å²) in [6.45, 7) is 0.791. The minimum Gasteiger partial charge on any atom is -0.480 e. The molecular weight excluding hydrogens is 148 g/mol. The van der Waals surface area contributed by atoms with Gasteiger partial charge in [0.05, 0.1) is 13.1 Å². The van der Waals surface area contributed by atoms with E-state index in [4.69, 9.17) is 16.6 Å². The molecule has 0 saturated carbocycles. The molecule has 0 spiro atoms. The maximum Gasteiger partial charge on any atom is 0.317 e. The summed E-state index contributed by atoms with van der Waals surface area (Å²) in [5, 5.41) is 10.8. The molecule has 0 fully saturated rings. The molecule has 0 atom stereocenters. The number of nitrogens with zero attached hydrogens (tertiary/aromatic N) is 1. The molecule has 11 heavy (non-hydrogen) atoms. The van der Waals surface area contributed by atoms with E-state index in [2.05, 4.69) is 10.3 Å². The van der Waals surface area contributed by atoms with Crippen molar-refractivity contribution in [2.75, 3.05) is 19.6 Å². The highest BCUT2D eigenvalue weighted by Crippen LogP contribution is 1.66. The summed E-state index contributed by atoms with van der Waals surface area (Å²) < 4.78 is 0. The number of hydrogen-bond acceptors (Lipinski definition) is 3. The van der Waals surface area contributed by atoms with Crippen LogP contribution < -0.4 is 16.8 Å². The van der Waals surface area contributed by atoms with Gasteiger partial charge in [0.1, 0.15) is 0 Å². The molecule has 0 aliphatic rings. The summed E-state index contributed by atoms with van der Waals surface area (Å²) in [4.78, 5) is 13.6. The zero-order valence-corrected chi connectivity index (χ0v) is 6.08. The second kappa shape index (κ2) is 5.48. The van der Waals surface area contributed by atoms with Crippen LogP contribution in [-0.4, -0.2) is 36.7 Å². The van der Waals surface area contributed by atoms with Crippen LogP contribution in [0, 0.1) is 0 Å². The molecule has 0 heterocycles. The van der Waals surface area contributed by atoms with Gasteiger partial charge >= 0.3 is 5.97 Å². The summed E-state index contributed by atoms with van der Waals surface area (Å²) in [6.07, 6.45) is 0. The van der Waals surface area contributed by atoms with E-state index in [1.165, 1.54) is 0 Å². The third kappa shape index (κ3) is 8.70. The van der Waals surface area contributed by atoms with Gasteiger partial charge in [-0.25, -0.2) is 0 Å². The fraction of sp³-hybridized carbons (Fsp3) is 0.600. The first kappa shape index (κ1) is 9.70. The monoisotopic (exact) mass is 160 g/mol. The Morgan fingerprint density at radius 1 is 1.55 bits per heavy atom. The zero-order chi connectivity index (χ0) is 8.69. The topological polar surface area (TPSA) is 114 Å². The van der Waals surface area contributed by atoms with Crippen LogP contribution in [0.25, 0.3) is 0 Å². The second-order valence-corrected chi connectivity index (χ2v) is 1.88. The Labute approximate surface area is 64.3 Å². The highest BCUT2D eigenvalue weighted by molar-refractivity contribution is 5.75. The van der Waals surface area contributed by atoms with E-state index in [1.54, 1.807) is 0 Å². The summed E-state index contributed by atoms with van der Waals surface area (Å²) in [6, 6.07) is 0. The normalized spacial score (nSPS) is 9.09. The van der Waals surface area contributed by atoms with Gasteiger partial charge < -0.3 is 21.9 Å². The number of carboxylic acids is 1. The quantitative estimate of drug-likeness (QED) is 0.210. The Bertz CT molecular complexity index is 153. The van der Waals surface area contributed by atoms with Gasteiger partial charge in [-0.2, -0.15) is 0 Å². The molecule has 0 unspecified atom stereocenters. The van der Waals surface area contributed by atoms with Crippen LogP contribution in [0.4, 0.5) is 0 Å². The number of rotatable bonds is 5. The molecule has 6 nitrogen and oxygen atoms in total. The number of nitrogens with one attached hydrogen (secondary N) is 1. The highest BCUT2D eigenvalue weighted by atomic mass is 16.4. The average Bonchev–Trinajstić information content (AvgIpc) is 1.85. The van der Waals surface area contributed by atoms with Gasteiger partial charge in [-0.1, -0.05) is 0 Å². The van der Waals surface area contributed by atoms with Crippen LogP contribution >= 0.6 is 0 Å². The molecular formula is C5H12N4O2. The van der Waals surface area contributed by atoms with Gasteiger partial charge in [-0.15, -0.1) is 0 Å². The fourth-order valence-corrected chi connectivity index (χ4v) is 0.459. The second-order valence-electron chi connectivity index (χ2n) is 1.88. The number of hydrogen-bond donors (Lipinski definition) is 4. The van der Waals surface area contributed by atoms with Gasteiger partial charge in [0.15, 0.2) is 5.96 Å². The average molecular weight is 160 g/mol. The maximum absolute atomic E-state index is 9.95. The van der Waals surface area contributed by atoms with E-state index in [0.29, 0.717) is 13.1 Å². The Balaban J connectivity index is 3.15. The number of nitrogens with two attached hydrogens (primary N) is 2. The predicted octanol–water partition coefficient (Wildman–Crippen LogP) is -2.07. The molecule has 0 bridgehead atoms. The van der Waals surface area contributed by atoms with Crippen LogP contribution in [0.5, 0.6) is 0 Å². The van der Waals surface area contributed by atoms with Gasteiger partial charge in [-0.05, 0) is 0 Å². The van der Waals surface area contributed by atoms with Crippen LogP contribution in [0.15, 0.2) is 4.99 Å². The molecule has 0 aromatic rings. The minimum atomic E-state index is -0.894. The summed E-state index contributed by atoms with van der Waals surface area (Å²) in [5.74, 6) is -0.878. The van der Waals surface area contributed by atoms with E-state index >= 15 is 0 Å². The molecule has 0 saturated heterocycles. The van der Waals surface area contributed by atoms with Crippen molar-refractivity contribution in [3.8, 4) is 0 Å². The van der Waals surface area contributed by atoms with E-state index < -0.39 is 5.97 Å². The number of carbonyl (C=O) groups is 1. The van der Waals surface area contributed by atoms with Crippen LogP contribution in [0.1, 0.15) is 0 Å². The predicted molar refractivity (Wildman–Crippen MR) is 41.2 cm³/mol. The molecule has 0 aromatic heterocycles. The molecule has 6 N–H and O–H groups in total. The largest absolute Gasteiger partial charge is 0.480 e. The van der Waals surface area contributed by atoms with Crippen LogP contribution in [0.2, 0.25) is 0 Å². The molecule has 0 amide bonds. The lowest BCUT2D eigenvalue weighted by molar-refractivity contribution is -0.135. The molecule has 0 rings (SSSR count). The third-order valence-electron chi connectivity index (χ3n) is 0.859. The fourth-order valence-electron chi connectivity index (χ4n) is 0.459. The molecule has 0 aliphatic heterocycles. The number of aliphatic imine (C=N–C) groups is 1. The van der Waals surface area contributed by atoms with Gasteiger partial charge in [-0.3, -0.25) is 9.79 Å². The summed E-state index contributed by atoms with van der Waals surface area (Å²) >= 11 is 0. The van der Waals surface area contributed by atoms with Crippen molar-refractivity contribution in [2.45, 2.75) is 0 Å².